The van der Waals surface area contributed by atoms with Crippen molar-refractivity contribution in [2.75, 3.05) is 0 Å². The summed E-state index contributed by atoms with van der Waals surface area (Å²) in [4.78, 5) is 13.0. The number of aromatic nitrogens is 2. The van der Waals surface area contributed by atoms with Crippen LogP contribution in [0.15, 0.2) is 60.7 Å². The predicted molar refractivity (Wildman–Crippen MR) is 103 cm³/mol. The van der Waals surface area contributed by atoms with Gasteiger partial charge in [-0.3, -0.25) is 4.79 Å². The minimum Gasteiger partial charge on any atom is -0.348 e. The van der Waals surface area contributed by atoms with E-state index >= 15 is 0 Å². The first-order chi connectivity index (χ1) is 13.2. The van der Waals surface area contributed by atoms with Gasteiger partial charge in [0.2, 0.25) is 0 Å². The van der Waals surface area contributed by atoms with Gasteiger partial charge >= 0.3 is 0 Å². The SMILES string of the molecule is O=C(NC1CCCCC1)c1cc(-c2ccccc2)nn1-c1ccc(F)cc1. The monoisotopic (exact) mass is 363 g/mol. The zero-order valence-electron chi connectivity index (χ0n) is 15.1. The van der Waals surface area contributed by atoms with Crippen molar-refractivity contribution in [3.63, 3.8) is 0 Å². The molecule has 0 spiro atoms. The number of carbonyl (C=O) groups excluding carboxylic acids is 1. The first-order valence-electron chi connectivity index (χ1n) is 9.43. The number of nitrogens with zero attached hydrogens (tertiary/aromatic N) is 2. The van der Waals surface area contributed by atoms with E-state index in [2.05, 4.69) is 10.4 Å². The molecule has 1 N–H and O–H groups in total. The summed E-state index contributed by atoms with van der Waals surface area (Å²) in [7, 11) is 0. The molecule has 0 radical (unpaired) electrons. The maximum absolute atomic E-state index is 13.3. The average Bonchev–Trinajstić information content (AvgIpc) is 3.16. The lowest BCUT2D eigenvalue weighted by Crippen LogP contribution is -2.37. The number of halogens is 1. The highest BCUT2D eigenvalue weighted by Gasteiger charge is 2.21. The van der Waals surface area contributed by atoms with Crippen molar-refractivity contribution in [3.8, 4) is 16.9 Å². The van der Waals surface area contributed by atoms with Crippen molar-refractivity contribution in [1.29, 1.82) is 0 Å². The lowest BCUT2D eigenvalue weighted by Gasteiger charge is -2.22. The Morgan fingerprint density at radius 1 is 1.00 bits per heavy atom. The highest BCUT2D eigenvalue weighted by Crippen LogP contribution is 2.23. The molecule has 1 aliphatic rings. The fraction of sp³-hybridized carbons (Fsp3) is 0.273. The molecule has 0 aliphatic heterocycles. The summed E-state index contributed by atoms with van der Waals surface area (Å²) < 4.78 is 14.9. The second kappa shape index (κ2) is 7.74. The van der Waals surface area contributed by atoms with E-state index in [0.717, 1.165) is 31.2 Å². The topological polar surface area (TPSA) is 46.9 Å². The van der Waals surface area contributed by atoms with Gasteiger partial charge in [-0.15, -0.1) is 0 Å². The van der Waals surface area contributed by atoms with Gasteiger partial charge < -0.3 is 5.32 Å². The molecule has 2 aromatic carbocycles. The van der Waals surface area contributed by atoms with Gasteiger partial charge in [-0.2, -0.15) is 5.10 Å². The van der Waals surface area contributed by atoms with Crippen LogP contribution in [0.2, 0.25) is 0 Å². The van der Waals surface area contributed by atoms with Gasteiger partial charge in [0, 0.05) is 11.6 Å². The lowest BCUT2D eigenvalue weighted by molar-refractivity contribution is 0.0920. The molecule has 0 saturated heterocycles. The largest absolute Gasteiger partial charge is 0.348 e. The van der Waals surface area contributed by atoms with Crippen LogP contribution in [0.1, 0.15) is 42.6 Å². The van der Waals surface area contributed by atoms with E-state index in [1.165, 1.54) is 18.6 Å². The molecule has 5 heteroatoms. The Labute approximate surface area is 158 Å². The van der Waals surface area contributed by atoms with Crippen molar-refractivity contribution in [1.82, 2.24) is 15.1 Å². The predicted octanol–water partition coefficient (Wildman–Crippen LogP) is 4.74. The number of amides is 1. The van der Waals surface area contributed by atoms with Crippen molar-refractivity contribution in [2.45, 2.75) is 38.1 Å². The molecule has 4 nitrogen and oxygen atoms in total. The van der Waals surface area contributed by atoms with E-state index in [1.807, 2.05) is 30.3 Å². The lowest BCUT2D eigenvalue weighted by atomic mass is 9.95. The Kier molecular flexibility index (Phi) is 5.01. The van der Waals surface area contributed by atoms with Crippen LogP contribution in [-0.4, -0.2) is 21.7 Å². The highest BCUT2D eigenvalue weighted by molar-refractivity contribution is 5.94. The van der Waals surface area contributed by atoms with Crippen molar-refractivity contribution in [2.24, 2.45) is 0 Å². The molecule has 4 rings (SSSR count). The van der Waals surface area contributed by atoms with Crippen LogP contribution in [0.3, 0.4) is 0 Å². The van der Waals surface area contributed by atoms with E-state index in [0.29, 0.717) is 17.1 Å². The van der Waals surface area contributed by atoms with Crippen molar-refractivity contribution < 1.29 is 9.18 Å². The first-order valence-corrected chi connectivity index (χ1v) is 9.43. The Morgan fingerprint density at radius 3 is 2.41 bits per heavy atom. The van der Waals surface area contributed by atoms with Crippen LogP contribution in [-0.2, 0) is 0 Å². The first kappa shape index (κ1) is 17.5. The zero-order valence-corrected chi connectivity index (χ0v) is 15.1. The van der Waals surface area contributed by atoms with E-state index in [9.17, 15) is 9.18 Å². The van der Waals surface area contributed by atoms with E-state index in [4.69, 9.17) is 0 Å². The standard InChI is InChI=1S/C22H22FN3O/c23-17-11-13-19(14-12-17)26-21(22(27)24-18-9-5-2-6-10-18)15-20(25-26)16-7-3-1-4-8-16/h1,3-4,7-8,11-15,18H,2,5-6,9-10H2,(H,24,27). The molecule has 27 heavy (non-hydrogen) atoms. The Hall–Kier alpha value is -2.95. The number of carbonyl (C=O) groups is 1. The molecule has 0 unspecified atom stereocenters. The third-order valence-corrected chi connectivity index (χ3v) is 5.02. The van der Waals surface area contributed by atoms with Crippen LogP contribution in [0.5, 0.6) is 0 Å². The van der Waals surface area contributed by atoms with Gasteiger partial charge in [0.15, 0.2) is 0 Å². The summed E-state index contributed by atoms with van der Waals surface area (Å²) in [6.07, 6.45) is 5.57. The second-order valence-electron chi connectivity index (χ2n) is 6.98. The highest BCUT2D eigenvalue weighted by atomic mass is 19.1. The van der Waals surface area contributed by atoms with Gasteiger partial charge in [-0.25, -0.2) is 9.07 Å². The minimum atomic E-state index is -0.317. The van der Waals surface area contributed by atoms with Crippen LogP contribution >= 0.6 is 0 Å². The molecular weight excluding hydrogens is 341 g/mol. The van der Waals surface area contributed by atoms with Crippen LogP contribution in [0.25, 0.3) is 16.9 Å². The summed E-state index contributed by atoms with van der Waals surface area (Å²) in [5.74, 6) is -0.455. The second-order valence-corrected chi connectivity index (χ2v) is 6.98. The number of benzene rings is 2. The summed E-state index contributed by atoms with van der Waals surface area (Å²) >= 11 is 0. The quantitative estimate of drug-likeness (QED) is 0.728. The molecule has 1 fully saturated rings. The van der Waals surface area contributed by atoms with Gasteiger partial charge in [-0.05, 0) is 43.2 Å². The number of nitrogens with one attached hydrogen (secondary N) is 1. The van der Waals surface area contributed by atoms with E-state index in [1.54, 1.807) is 22.9 Å². The molecule has 1 aromatic heterocycles. The molecule has 1 amide bonds. The van der Waals surface area contributed by atoms with Crippen LogP contribution < -0.4 is 5.32 Å². The van der Waals surface area contributed by atoms with Gasteiger partial charge in [0.25, 0.3) is 5.91 Å². The van der Waals surface area contributed by atoms with Gasteiger partial charge in [0.05, 0.1) is 11.4 Å². The molecule has 138 valence electrons. The minimum absolute atomic E-state index is 0.138. The maximum Gasteiger partial charge on any atom is 0.270 e. The summed E-state index contributed by atoms with van der Waals surface area (Å²) in [5, 5.41) is 7.78. The van der Waals surface area contributed by atoms with E-state index < -0.39 is 0 Å². The molecular formula is C22H22FN3O. The Bertz CT molecular complexity index is 912. The van der Waals surface area contributed by atoms with Crippen LogP contribution in [0.4, 0.5) is 4.39 Å². The molecule has 1 heterocycles. The van der Waals surface area contributed by atoms with Crippen molar-refractivity contribution >= 4 is 5.91 Å². The third kappa shape index (κ3) is 3.92. The van der Waals surface area contributed by atoms with E-state index in [-0.39, 0.29) is 17.8 Å². The number of rotatable bonds is 4. The summed E-state index contributed by atoms with van der Waals surface area (Å²) in [5.41, 5.74) is 2.78. The van der Waals surface area contributed by atoms with Crippen molar-refractivity contribution in [3.05, 3.63) is 72.2 Å². The summed E-state index contributed by atoms with van der Waals surface area (Å²) in [6, 6.07) is 17.8. The molecule has 0 bridgehead atoms. The Balaban J connectivity index is 1.70. The number of hydrogen-bond acceptors (Lipinski definition) is 2. The smallest absolute Gasteiger partial charge is 0.270 e. The third-order valence-electron chi connectivity index (χ3n) is 5.02. The van der Waals surface area contributed by atoms with Gasteiger partial charge in [-0.1, -0.05) is 49.6 Å². The maximum atomic E-state index is 13.3. The zero-order chi connectivity index (χ0) is 18.6. The molecule has 1 aliphatic carbocycles. The van der Waals surface area contributed by atoms with Crippen LogP contribution in [0, 0.1) is 5.82 Å². The molecule has 0 atom stereocenters. The summed E-state index contributed by atoms with van der Waals surface area (Å²) in [6.45, 7) is 0. The fourth-order valence-corrected chi connectivity index (χ4v) is 3.58. The Morgan fingerprint density at radius 2 is 1.70 bits per heavy atom. The normalized spacial score (nSPS) is 14.9. The fourth-order valence-electron chi connectivity index (χ4n) is 3.58. The van der Waals surface area contributed by atoms with Gasteiger partial charge in [0.1, 0.15) is 11.5 Å². The molecule has 1 saturated carbocycles. The molecule has 3 aromatic rings. The average molecular weight is 363 g/mol. The number of hydrogen-bond donors (Lipinski definition) is 1.